The third-order valence-corrected chi connectivity index (χ3v) is 5.32. The van der Waals surface area contributed by atoms with Gasteiger partial charge < -0.3 is 19.0 Å². The van der Waals surface area contributed by atoms with Crippen molar-refractivity contribution in [1.82, 2.24) is 15.0 Å². The Hall–Kier alpha value is -3.38. The SMILES string of the molecule is c1ccc2c(c1)oc1c(N3CCOCC3)nc(-c3ccc4[nH]ccc4c3)nc12. The Morgan fingerprint density at radius 1 is 0.964 bits per heavy atom. The van der Waals surface area contributed by atoms with E-state index >= 15 is 0 Å². The Balaban J connectivity index is 1.62. The molecule has 0 bridgehead atoms. The number of hydrogen-bond acceptors (Lipinski definition) is 5. The zero-order valence-corrected chi connectivity index (χ0v) is 15.2. The number of hydrogen-bond donors (Lipinski definition) is 1. The molecule has 6 rings (SSSR count). The lowest BCUT2D eigenvalue weighted by atomic mass is 10.1. The largest absolute Gasteiger partial charge is 0.450 e. The number of ether oxygens (including phenoxy) is 1. The molecule has 5 aromatic rings. The van der Waals surface area contributed by atoms with E-state index in [1.165, 1.54) is 0 Å². The van der Waals surface area contributed by atoms with E-state index in [1.807, 2.05) is 24.4 Å². The molecule has 28 heavy (non-hydrogen) atoms. The molecular formula is C22H18N4O2. The zero-order chi connectivity index (χ0) is 18.5. The Bertz CT molecular complexity index is 1310. The van der Waals surface area contributed by atoms with Gasteiger partial charge >= 0.3 is 0 Å². The van der Waals surface area contributed by atoms with Crippen LogP contribution < -0.4 is 4.90 Å². The second-order valence-corrected chi connectivity index (χ2v) is 7.03. The number of furan rings is 1. The van der Waals surface area contributed by atoms with E-state index in [0.717, 1.165) is 57.4 Å². The van der Waals surface area contributed by atoms with Crippen LogP contribution in [0, 0.1) is 0 Å². The van der Waals surface area contributed by atoms with Gasteiger partial charge in [-0.1, -0.05) is 12.1 Å². The highest BCUT2D eigenvalue weighted by molar-refractivity contribution is 6.06. The fourth-order valence-corrected chi connectivity index (χ4v) is 3.89. The van der Waals surface area contributed by atoms with Gasteiger partial charge in [-0.25, -0.2) is 9.97 Å². The van der Waals surface area contributed by atoms with Gasteiger partial charge in [0.15, 0.2) is 17.2 Å². The smallest absolute Gasteiger partial charge is 0.196 e. The van der Waals surface area contributed by atoms with E-state index in [2.05, 4.69) is 40.2 Å². The topological polar surface area (TPSA) is 67.2 Å². The minimum absolute atomic E-state index is 0.691. The molecule has 0 atom stereocenters. The Kier molecular flexibility index (Phi) is 3.39. The molecule has 1 fully saturated rings. The summed E-state index contributed by atoms with van der Waals surface area (Å²) in [4.78, 5) is 15.3. The molecule has 0 saturated carbocycles. The summed E-state index contributed by atoms with van der Waals surface area (Å²) < 4.78 is 11.7. The number of aromatic amines is 1. The van der Waals surface area contributed by atoms with Crippen molar-refractivity contribution in [3.8, 4) is 11.4 Å². The molecule has 0 radical (unpaired) electrons. The minimum Gasteiger partial charge on any atom is -0.450 e. The fourth-order valence-electron chi connectivity index (χ4n) is 3.89. The van der Waals surface area contributed by atoms with Gasteiger partial charge in [0.1, 0.15) is 11.1 Å². The molecule has 1 N–H and O–H groups in total. The Morgan fingerprint density at radius 2 is 1.86 bits per heavy atom. The van der Waals surface area contributed by atoms with Gasteiger partial charge in [-0.15, -0.1) is 0 Å². The van der Waals surface area contributed by atoms with E-state index in [9.17, 15) is 0 Å². The Labute approximate surface area is 160 Å². The van der Waals surface area contributed by atoms with Crippen molar-refractivity contribution in [1.29, 1.82) is 0 Å². The normalized spacial score (nSPS) is 15.1. The highest BCUT2D eigenvalue weighted by Gasteiger charge is 2.22. The summed E-state index contributed by atoms with van der Waals surface area (Å²) in [6.45, 7) is 2.96. The van der Waals surface area contributed by atoms with E-state index in [4.69, 9.17) is 19.1 Å². The zero-order valence-electron chi connectivity index (χ0n) is 15.2. The molecule has 1 saturated heterocycles. The summed E-state index contributed by atoms with van der Waals surface area (Å²) in [7, 11) is 0. The molecule has 0 amide bonds. The van der Waals surface area contributed by atoms with Gasteiger partial charge in [0.05, 0.1) is 13.2 Å². The van der Waals surface area contributed by atoms with Gasteiger partial charge in [0.2, 0.25) is 0 Å². The predicted molar refractivity (Wildman–Crippen MR) is 110 cm³/mol. The summed E-state index contributed by atoms with van der Waals surface area (Å²) in [5.74, 6) is 1.55. The van der Waals surface area contributed by atoms with Gasteiger partial charge in [-0.3, -0.25) is 0 Å². The van der Waals surface area contributed by atoms with Gasteiger partial charge in [-0.2, -0.15) is 0 Å². The second-order valence-electron chi connectivity index (χ2n) is 7.03. The molecule has 6 heteroatoms. The van der Waals surface area contributed by atoms with Crippen LogP contribution in [-0.2, 0) is 4.74 Å². The molecule has 2 aromatic carbocycles. The lowest BCUT2D eigenvalue weighted by molar-refractivity contribution is 0.122. The first-order valence-corrected chi connectivity index (χ1v) is 9.46. The van der Waals surface area contributed by atoms with E-state index in [-0.39, 0.29) is 0 Å². The van der Waals surface area contributed by atoms with Gasteiger partial charge in [0, 0.05) is 41.1 Å². The van der Waals surface area contributed by atoms with E-state index in [0.29, 0.717) is 19.0 Å². The first kappa shape index (κ1) is 15.7. The number of aromatic nitrogens is 3. The maximum atomic E-state index is 6.17. The molecule has 3 aromatic heterocycles. The maximum absolute atomic E-state index is 6.17. The van der Waals surface area contributed by atoms with Crippen molar-refractivity contribution in [2.24, 2.45) is 0 Å². The van der Waals surface area contributed by atoms with Crippen LogP contribution >= 0.6 is 0 Å². The highest BCUT2D eigenvalue weighted by Crippen LogP contribution is 2.35. The number of anilines is 1. The van der Waals surface area contributed by atoms with Crippen LogP contribution in [0.1, 0.15) is 0 Å². The average molecular weight is 370 g/mol. The predicted octanol–water partition coefficient (Wildman–Crippen LogP) is 4.36. The lowest BCUT2D eigenvalue weighted by Crippen LogP contribution is -2.37. The number of para-hydroxylation sites is 1. The monoisotopic (exact) mass is 370 g/mol. The van der Waals surface area contributed by atoms with Crippen molar-refractivity contribution >= 4 is 38.8 Å². The van der Waals surface area contributed by atoms with Crippen LogP contribution in [0.4, 0.5) is 5.82 Å². The summed E-state index contributed by atoms with van der Waals surface area (Å²) in [6, 6.07) is 16.3. The summed E-state index contributed by atoms with van der Waals surface area (Å²) in [6.07, 6.45) is 1.95. The molecule has 1 aliphatic rings. The van der Waals surface area contributed by atoms with Gasteiger partial charge in [0.25, 0.3) is 0 Å². The lowest BCUT2D eigenvalue weighted by Gasteiger charge is -2.27. The molecule has 4 heterocycles. The summed E-state index contributed by atoms with van der Waals surface area (Å²) in [5, 5.41) is 2.16. The number of rotatable bonds is 2. The highest BCUT2D eigenvalue weighted by atomic mass is 16.5. The number of benzene rings is 2. The number of nitrogens with zero attached hydrogens (tertiary/aromatic N) is 3. The fraction of sp³-hybridized carbons (Fsp3) is 0.182. The summed E-state index contributed by atoms with van der Waals surface area (Å²) >= 11 is 0. The van der Waals surface area contributed by atoms with Crippen LogP contribution in [0.15, 0.2) is 59.1 Å². The van der Waals surface area contributed by atoms with Crippen LogP contribution in [0.5, 0.6) is 0 Å². The molecule has 0 spiro atoms. The van der Waals surface area contributed by atoms with Crippen LogP contribution in [0.25, 0.3) is 44.4 Å². The van der Waals surface area contributed by atoms with Crippen LogP contribution in [-0.4, -0.2) is 41.3 Å². The minimum atomic E-state index is 0.691. The van der Waals surface area contributed by atoms with Crippen molar-refractivity contribution in [2.75, 3.05) is 31.2 Å². The second kappa shape index (κ2) is 6.07. The van der Waals surface area contributed by atoms with Crippen molar-refractivity contribution < 1.29 is 9.15 Å². The number of H-pyrrole nitrogens is 1. The molecule has 6 nitrogen and oxygen atoms in total. The van der Waals surface area contributed by atoms with E-state index in [1.54, 1.807) is 0 Å². The van der Waals surface area contributed by atoms with Crippen molar-refractivity contribution in [2.45, 2.75) is 0 Å². The molecule has 1 aliphatic heterocycles. The number of fused-ring (bicyclic) bond motifs is 4. The van der Waals surface area contributed by atoms with E-state index < -0.39 is 0 Å². The number of morpholine rings is 1. The standard InChI is InChI=1S/C22H18N4O2/c1-2-4-18-16(3-1)19-20(28-18)22(26-9-11-27-12-10-26)25-21(24-19)15-5-6-17-14(13-15)7-8-23-17/h1-8,13,23H,9-12H2. The molecule has 138 valence electrons. The van der Waals surface area contributed by atoms with Crippen molar-refractivity contribution in [3.63, 3.8) is 0 Å². The quantitative estimate of drug-likeness (QED) is 0.500. The number of nitrogens with one attached hydrogen (secondary N) is 1. The first-order chi connectivity index (χ1) is 13.9. The molecule has 0 aliphatic carbocycles. The first-order valence-electron chi connectivity index (χ1n) is 9.46. The van der Waals surface area contributed by atoms with Crippen molar-refractivity contribution in [3.05, 3.63) is 54.7 Å². The molecular weight excluding hydrogens is 352 g/mol. The molecule has 0 unspecified atom stereocenters. The van der Waals surface area contributed by atoms with Gasteiger partial charge in [-0.05, 0) is 36.4 Å². The third-order valence-electron chi connectivity index (χ3n) is 5.32. The Morgan fingerprint density at radius 3 is 2.79 bits per heavy atom. The van der Waals surface area contributed by atoms with Crippen LogP contribution in [0.2, 0.25) is 0 Å². The maximum Gasteiger partial charge on any atom is 0.196 e. The van der Waals surface area contributed by atoms with Crippen LogP contribution in [0.3, 0.4) is 0 Å². The third kappa shape index (κ3) is 2.38. The average Bonchev–Trinajstić information content (AvgIpc) is 3.37. The summed E-state index contributed by atoms with van der Waals surface area (Å²) in [5.41, 5.74) is 4.53.